The van der Waals surface area contributed by atoms with Crippen molar-refractivity contribution in [2.75, 3.05) is 72.7 Å². The van der Waals surface area contributed by atoms with Gasteiger partial charge in [-0.3, -0.25) is 14.8 Å². The molecule has 2 heterocycles. The minimum absolute atomic E-state index is 0.492. The third kappa shape index (κ3) is 7.70. The van der Waals surface area contributed by atoms with Crippen LogP contribution in [0.3, 0.4) is 0 Å². The molecule has 0 aromatic heterocycles. The van der Waals surface area contributed by atoms with Crippen LogP contribution < -0.4 is 10.6 Å². The molecule has 0 amide bonds. The summed E-state index contributed by atoms with van der Waals surface area (Å²) in [6.07, 6.45) is 2.41. The van der Waals surface area contributed by atoms with Gasteiger partial charge >= 0.3 is 0 Å². The first-order valence-corrected chi connectivity index (χ1v) is 11.7. The lowest BCUT2D eigenvalue weighted by Crippen LogP contribution is -2.55. The number of aliphatic imine (C=N–C) groups is 1. The Kier molecular flexibility index (Phi) is 11.3. The molecule has 2 aliphatic rings. The van der Waals surface area contributed by atoms with Crippen LogP contribution in [0.5, 0.6) is 0 Å². The van der Waals surface area contributed by atoms with Crippen molar-refractivity contribution in [2.45, 2.75) is 52.6 Å². The molecule has 0 aliphatic carbocycles. The predicted octanol–water partition coefficient (Wildman–Crippen LogP) is 1.65. The Balaban J connectivity index is 1.90. The standard InChI is InChI=1S/C22H45N5O2/c1-6-19(7-2)21(27-10-14-29-15-11-27)17-25-22(23-5)24-16-20(18(3)4)26-8-12-28-13-9-26/h18-21H,6-17H2,1-5H3,(H2,23,24,25). The zero-order chi connectivity index (χ0) is 21.1. The van der Waals surface area contributed by atoms with Gasteiger partial charge in [0.05, 0.1) is 26.4 Å². The first kappa shape index (κ1) is 24.4. The summed E-state index contributed by atoms with van der Waals surface area (Å²) >= 11 is 0. The quantitative estimate of drug-likeness (QED) is 0.421. The maximum atomic E-state index is 5.58. The second-order valence-corrected chi connectivity index (χ2v) is 8.59. The molecule has 0 saturated carbocycles. The van der Waals surface area contributed by atoms with Crippen LogP contribution in [0.2, 0.25) is 0 Å². The summed E-state index contributed by atoms with van der Waals surface area (Å²) < 4.78 is 11.1. The van der Waals surface area contributed by atoms with Crippen LogP contribution in [-0.2, 0) is 9.47 Å². The Morgan fingerprint density at radius 1 is 0.828 bits per heavy atom. The number of morpholine rings is 2. The Hall–Kier alpha value is -0.890. The van der Waals surface area contributed by atoms with Crippen LogP contribution in [-0.4, -0.2) is 101 Å². The fourth-order valence-electron chi connectivity index (χ4n) is 4.65. The topological polar surface area (TPSA) is 61.4 Å². The first-order chi connectivity index (χ1) is 14.1. The maximum absolute atomic E-state index is 5.58. The summed E-state index contributed by atoms with van der Waals surface area (Å²) in [6.45, 7) is 18.5. The van der Waals surface area contributed by atoms with E-state index < -0.39 is 0 Å². The molecule has 2 saturated heterocycles. The van der Waals surface area contributed by atoms with Gasteiger partial charge in [-0.05, 0) is 11.8 Å². The smallest absolute Gasteiger partial charge is 0.191 e. The van der Waals surface area contributed by atoms with E-state index in [1.54, 1.807) is 0 Å². The molecule has 2 aliphatic heterocycles. The van der Waals surface area contributed by atoms with Crippen LogP contribution in [0.4, 0.5) is 0 Å². The summed E-state index contributed by atoms with van der Waals surface area (Å²) in [5.74, 6) is 2.19. The van der Waals surface area contributed by atoms with Crippen molar-refractivity contribution >= 4 is 5.96 Å². The van der Waals surface area contributed by atoms with E-state index in [1.165, 1.54) is 12.8 Å². The molecule has 7 heteroatoms. The highest BCUT2D eigenvalue weighted by atomic mass is 16.5. The largest absolute Gasteiger partial charge is 0.379 e. The molecule has 2 fully saturated rings. The van der Waals surface area contributed by atoms with Crippen molar-refractivity contribution in [1.82, 2.24) is 20.4 Å². The van der Waals surface area contributed by atoms with Crippen LogP contribution in [0, 0.1) is 11.8 Å². The van der Waals surface area contributed by atoms with Gasteiger partial charge < -0.3 is 20.1 Å². The van der Waals surface area contributed by atoms with Crippen molar-refractivity contribution in [3.63, 3.8) is 0 Å². The van der Waals surface area contributed by atoms with Crippen LogP contribution >= 0.6 is 0 Å². The Morgan fingerprint density at radius 2 is 1.28 bits per heavy atom. The lowest BCUT2D eigenvalue weighted by Gasteiger charge is -2.39. The van der Waals surface area contributed by atoms with E-state index in [1.807, 2.05) is 7.05 Å². The molecule has 0 spiro atoms. The van der Waals surface area contributed by atoms with Gasteiger partial charge in [0.15, 0.2) is 5.96 Å². The van der Waals surface area contributed by atoms with Gasteiger partial charge in [0, 0.05) is 58.4 Å². The molecule has 2 atom stereocenters. The van der Waals surface area contributed by atoms with Gasteiger partial charge in [-0.25, -0.2) is 0 Å². The average molecular weight is 412 g/mol. The van der Waals surface area contributed by atoms with Crippen molar-refractivity contribution in [2.24, 2.45) is 16.8 Å². The van der Waals surface area contributed by atoms with Crippen molar-refractivity contribution < 1.29 is 9.47 Å². The van der Waals surface area contributed by atoms with Gasteiger partial charge in [0.25, 0.3) is 0 Å². The van der Waals surface area contributed by atoms with E-state index in [4.69, 9.17) is 9.47 Å². The van der Waals surface area contributed by atoms with Crippen molar-refractivity contribution in [3.05, 3.63) is 0 Å². The van der Waals surface area contributed by atoms with Crippen molar-refractivity contribution in [3.8, 4) is 0 Å². The minimum Gasteiger partial charge on any atom is -0.379 e. The fourth-order valence-corrected chi connectivity index (χ4v) is 4.65. The molecule has 0 radical (unpaired) electrons. The molecule has 7 nitrogen and oxygen atoms in total. The SMILES string of the molecule is CCC(CC)C(CNC(=NC)NCC(C(C)C)N1CCOCC1)N1CCOCC1. The van der Waals surface area contributed by atoms with Gasteiger partial charge in [0.2, 0.25) is 0 Å². The molecular formula is C22H45N5O2. The molecule has 29 heavy (non-hydrogen) atoms. The van der Waals surface area contributed by atoms with Crippen LogP contribution in [0.15, 0.2) is 4.99 Å². The molecule has 2 rings (SSSR count). The summed E-state index contributed by atoms with van der Waals surface area (Å²) in [6, 6.07) is 1.01. The predicted molar refractivity (Wildman–Crippen MR) is 121 cm³/mol. The van der Waals surface area contributed by atoms with Gasteiger partial charge in [0.1, 0.15) is 0 Å². The number of nitrogens with one attached hydrogen (secondary N) is 2. The van der Waals surface area contributed by atoms with Crippen LogP contribution in [0.1, 0.15) is 40.5 Å². The highest BCUT2D eigenvalue weighted by Gasteiger charge is 2.28. The molecule has 170 valence electrons. The molecular weight excluding hydrogens is 366 g/mol. The molecule has 0 aromatic carbocycles. The second-order valence-electron chi connectivity index (χ2n) is 8.59. The molecule has 2 unspecified atom stereocenters. The minimum atomic E-state index is 0.492. The summed E-state index contributed by atoms with van der Waals surface area (Å²) in [4.78, 5) is 9.65. The highest BCUT2D eigenvalue weighted by Crippen LogP contribution is 2.19. The van der Waals surface area contributed by atoms with E-state index in [-0.39, 0.29) is 0 Å². The highest BCUT2D eigenvalue weighted by molar-refractivity contribution is 5.79. The van der Waals surface area contributed by atoms with E-state index in [0.29, 0.717) is 23.9 Å². The second kappa shape index (κ2) is 13.4. The van der Waals surface area contributed by atoms with E-state index in [9.17, 15) is 0 Å². The Bertz CT molecular complexity index is 458. The number of hydrogen-bond donors (Lipinski definition) is 2. The molecule has 0 bridgehead atoms. The zero-order valence-electron chi connectivity index (χ0n) is 19.5. The third-order valence-electron chi connectivity index (χ3n) is 6.57. The monoisotopic (exact) mass is 411 g/mol. The third-order valence-corrected chi connectivity index (χ3v) is 6.57. The summed E-state index contributed by atoms with van der Waals surface area (Å²) in [5.41, 5.74) is 0. The Labute approximate surface area is 178 Å². The number of ether oxygens (including phenoxy) is 2. The molecule has 0 aromatic rings. The average Bonchev–Trinajstić information content (AvgIpc) is 2.76. The van der Waals surface area contributed by atoms with Crippen molar-refractivity contribution in [1.29, 1.82) is 0 Å². The Morgan fingerprint density at radius 3 is 1.69 bits per heavy atom. The van der Waals surface area contributed by atoms with Gasteiger partial charge in [-0.15, -0.1) is 0 Å². The number of rotatable bonds is 10. The van der Waals surface area contributed by atoms with E-state index in [2.05, 4.69) is 53.1 Å². The lowest BCUT2D eigenvalue weighted by molar-refractivity contribution is 0.00259. The van der Waals surface area contributed by atoms with Gasteiger partial charge in [-0.2, -0.15) is 0 Å². The number of guanidine groups is 1. The van der Waals surface area contributed by atoms with E-state index >= 15 is 0 Å². The first-order valence-electron chi connectivity index (χ1n) is 11.7. The maximum Gasteiger partial charge on any atom is 0.191 e. The van der Waals surface area contributed by atoms with Crippen LogP contribution in [0.25, 0.3) is 0 Å². The summed E-state index contributed by atoms with van der Waals surface area (Å²) in [7, 11) is 1.87. The number of nitrogens with zero attached hydrogens (tertiary/aromatic N) is 3. The number of hydrogen-bond acceptors (Lipinski definition) is 5. The zero-order valence-corrected chi connectivity index (χ0v) is 19.5. The van der Waals surface area contributed by atoms with E-state index in [0.717, 1.165) is 71.7 Å². The lowest BCUT2D eigenvalue weighted by atomic mass is 9.92. The summed E-state index contributed by atoms with van der Waals surface area (Å²) in [5, 5.41) is 7.22. The molecule has 2 N–H and O–H groups in total. The normalized spacial score (nSPS) is 22.1. The van der Waals surface area contributed by atoms with Gasteiger partial charge in [-0.1, -0.05) is 40.5 Å². The fraction of sp³-hybridized carbons (Fsp3) is 0.955.